The van der Waals surface area contributed by atoms with E-state index in [-0.39, 0.29) is 11.4 Å². The highest BCUT2D eigenvalue weighted by atomic mass is 16.5. The van der Waals surface area contributed by atoms with Crippen LogP contribution < -0.4 is 11.1 Å². The number of hydrogen-bond donors (Lipinski definition) is 2. The SMILES string of the molecule is CC(OCCCN)C(=O)NC(C)(C)C. The molecule has 0 bridgehead atoms. The van der Waals surface area contributed by atoms with Crippen LogP contribution in [0.1, 0.15) is 34.1 Å². The van der Waals surface area contributed by atoms with E-state index in [9.17, 15) is 4.79 Å². The maximum Gasteiger partial charge on any atom is 0.249 e. The van der Waals surface area contributed by atoms with Crippen molar-refractivity contribution in [3.8, 4) is 0 Å². The van der Waals surface area contributed by atoms with Gasteiger partial charge in [-0.05, 0) is 40.7 Å². The molecular weight excluding hydrogens is 180 g/mol. The van der Waals surface area contributed by atoms with E-state index in [0.717, 1.165) is 6.42 Å². The number of amides is 1. The fourth-order valence-electron chi connectivity index (χ4n) is 0.890. The van der Waals surface area contributed by atoms with Crippen LogP contribution in [0.2, 0.25) is 0 Å². The van der Waals surface area contributed by atoms with E-state index in [2.05, 4.69) is 5.32 Å². The molecule has 3 N–H and O–H groups in total. The largest absolute Gasteiger partial charge is 0.369 e. The summed E-state index contributed by atoms with van der Waals surface area (Å²) in [7, 11) is 0. The molecule has 1 atom stereocenters. The Morgan fingerprint density at radius 1 is 1.50 bits per heavy atom. The molecule has 1 unspecified atom stereocenters. The Labute approximate surface area is 86.2 Å². The van der Waals surface area contributed by atoms with Gasteiger partial charge < -0.3 is 15.8 Å². The molecule has 84 valence electrons. The summed E-state index contributed by atoms with van der Waals surface area (Å²) in [6.45, 7) is 8.70. The summed E-state index contributed by atoms with van der Waals surface area (Å²) < 4.78 is 5.30. The maximum atomic E-state index is 11.5. The van der Waals surface area contributed by atoms with Crippen LogP contribution in [0.4, 0.5) is 0 Å². The van der Waals surface area contributed by atoms with Gasteiger partial charge in [0.15, 0.2) is 0 Å². The molecule has 0 aromatic heterocycles. The standard InChI is InChI=1S/C10H22N2O2/c1-8(14-7-5-6-11)9(13)12-10(2,3)4/h8H,5-7,11H2,1-4H3,(H,12,13). The summed E-state index contributed by atoms with van der Waals surface area (Å²) in [6.07, 6.45) is 0.383. The van der Waals surface area contributed by atoms with E-state index in [1.54, 1.807) is 6.92 Å². The van der Waals surface area contributed by atoms with Gasteiger partial charge in [-0.25, -0.2) is 0 Å². The fourth-order valence-corrected chi connectivity index (χ4v) is 0.890. The van der Waals surface area contributed by atoms with Gasteiger partial charge in [0.05, 0.1) is 0 Å². The summed E-state index contributed by atoms with van der Waals surface area (Å²) in [6, 6.07) is 0. The molecular formula is C10H22N2O2. The molecule has 14 heavy (non-hydrogen) atoms. The highest BCUT2D eigenvalue weighted by Gasteiger charge is 2.19. The van der Waals surface area contributed by atoms with Crippen LogP contribution in [0.5, 0.6) is 0 Å². The van der Waals surface area contributed by atoms with Crippen molar-refractivity contribution < 1.29 is 9.53 Å². The van der Waals surface area contributed by atoms with Crippen LogP contribution in [0, 0.1) is 0 Å². The monoisotopic (exact) mass is 202 g/mol. The molecule has 0 aliphatic rings. The summed E-state index contributed by atoms with van der Waals surface area (Å²) in [4.78, 5) is 11.5. The zero-order valence-electron chi connectivity index (χ0n) is 9.59. The van der Waals surface area contributed by atoms with Crippen LogP contribution in [-0.4, -0.2) is 30.7 Å². The molecule has 0 spiro atoms. The lowest BCUT2D eigenvalue weighted by Crippen LogP contribution is -2.45. The van der Waals surface area contributed by atoms with Gasteiger partial charge in [0.25, 0.3) is 0 Å². The Balaban J connectivity index is 3.77. The van der Waals surface area contributed by atoms with E-state index < -0.39 is 6.10 Å². The first-order chi connectivity index (χ1) is 6.37. The molecule has 0 saturated heterocycles. The summed E-state index contributed by atoms with van der Waals surface area (Å²) in [5.41, 5.74) is 5.11. The van der Waals surface area contributed by atoms with Gasteiger partial charge in [-0.15, -0.1) is 0 Å². The van der Waals surface area contributed by atoms with Crippen molar-refractivity contribution in [2.45, 2.75) is 45.8 Å². The van der Waals surface area contributed by atoms with Crippen LogP contribution in [0.25, 0.3) is 0 Å². The number of hydrogen-bond acceptors (Lipinski definition) is 3. The van der Waals surface area contributed by atoms with E-state index in [0.29, 0.717) is 13.2 Å². The second-order valence-electron chi connectivity index (χ2n) is 4.39. The van der Waals surface area contributed by atoms with Crippen molar-refractivity contribution in [3.63, 3.8) is 0 Å². The molecule has 0 aromatic rings. The van der Waals surface area contributed by atoms with Crippen LogP contribution >= 0.6 is 0 Å². The van der Waals surface area contributed by atoms with Crippen molar-refractivity contribution in [1.82, 2.24) is 5.32 Å². The van der Waals surface area contributed by atoms with Crippen LogP contribution in [0.15, 0.2) is 0 Å². The number of carbonyl (C=O) groups is 1. The average Bonchev–Trinajstić information content (AvgIpc) is 2.01. The first-order valence-corrected chi connectivity index (χ1v) is 5.00. The van der Waals surface area contributed by atoms with Crippen molar-refractivity contribution in [1.29, 1.82) is 0 Å². The number of nitrogens with two attached hydrogens (primary N) is 1. The Hall–Kier alpha value is -0.610. The van der Waals surface area contributed by atoms with Gasteiger partial charge in [-0.3, -0.25) is 4.79 Å². The Morgan fingerprint density at radius 2 is 2.07 bits per heavy atom. The van der Waals surface area contributed by atoms with Gasteiger partial charge in [0, 0.05) is 12.1 Å². The summed E-state index contributed by atoms with van der Waals surface area (Å²) >= 11 is 0. The third kappa shape index (κ3) is 6.86. The van der Waals surface area contributed by atoms with E-state index in [1.807, 2.05) is 20.8 Å². The van der Waals surface area contributed by atoms with Gasteiger partial charge in [-0.2, -0.15) is 0 Å². The molecule has 0 rings (SSSR count). The minimum atomic E-state index is -0.402. The molecule has 0 radical (unpaired) electrons. The molecule has 1 amide bonds. The van der Waals surface area contributed by atoms with Crippen molar-refractivity contribution in [2.75, 3.05) is 13.2 Å². The fraction of sp³-hybridized carbons (Fsp3) is 0.900. The molecule has 0 aliphatic heterocycles. The average molecular weight is 202 g/mol. The van der Waals surface area contributed by atoms with E-state index in [4.69, 9.17) is 10.5 Å². The lowest BCUT2D eigenvalue weighted by molar-refractivity contribution is -0.133. The Bertz CT molecular complexity index is 175. The lowest BCUT2D eigenvalue weighted by Gasteiger charge is -2.23. The van der Waals surface area contributed by atoms with Gasteiger partial charge in [0.1, 0.15) is 6.10 Å². The third-order valence-electron chi connectivity index (χ3n) is 1.58. The number of ether oxygens (including phenoxy) is 1. The Morgan fingerprint density at radius 3 is 2.50 bits per heavy atom. The zero-order chi connectivity index (χ0) is 11.2. The summed E-state index contributed by atoms with van der Waals surface area (Å²) in [5.74, 6) is -0.0745. The van der Waals surface area contributed by atoms with Gasteiger partial charge in [0.2, 0.25) is 5.91 Å². The molecule has 0 aliphatic carbocycles. The molecule has 0 saturated carbocycles. The van der Waals surface area contributed by atoms with Crippen molar-refractivity contribution in [2.24, 2.45) is 5.73 Å². The normalized spacial score (nSPS) is 13.8. The van der Waals surface area contributed by atoms with Crippen LogP contribution in [-0.2, 0) is 9.53 Å². The number of nitrogens with one attached hydrogen (secondary N) is 1. The lowest BCUT2D eigenvalue weighted by atomic mass is 10.1. The molecule has 4 heteroatoms. The van der Waals surface area contributed by atoms with Crippen molar-refractivity contribution in [3.05, 3.63) is 0 Å². The molecule has 4 nitrogen and oxygen atoms in total. The first kappa shape index (κ1) is 13.4. The molecule has 0 aromatic carbocycles. The maximum absolute atomic E-state index is 11.5. The van der Waals surface area contributed by atoms with E-state index in [1.165, 1.54) is 0 Å². The topological polar surface area (TPSA) is 64.3 Å². The predicted molar refractivity (Wildman–Crippen MR) is 57.0 cm³/mol. The quantitative estimate of drug-likeness (QED) is 0.643. The molecule has 0 heterocycles. The van der Waals surface area contributed by atoms with Gasteiger partial charge in [-0.1, -0.05) is 0 Å². The van der Waals surface area contributed by atoms with E-state index >= 15 is 0 Å². The third-order valence-corrected chi connectivity index (χ3v) is 1.58. The molecule has 0 fully saturated rings. The van der Waals surface area contributed by atoms with Crippen LogP contribution in [0.3, 0.4) is 0 Å². The first-order valence-electron chi connectivity index (χ1n) is 5.00. The van der Waals surface area contributed by atoms with Gasteiger partial charge >= 0.3 is 0 Å². The minimum Gasteiger partial charge on any atom is -0.369 e. The van der Waals surface area contributed by atoms with Crippen molar-refractivity contribution >= 4 is 5.91 Å². The number of carbonyl (C=O) groups excluding carboxylic acids is 1. The minimum absolute atomic E-state index is 0.0745. The highest BCUT2D eigenvalue weighted by molar-refractivity contribution is 5.80. The second-order valence-corrected chi connectivity index (χ2v) is 4.39. The summed E-state index contributed by atoms with van der Waals surface area (Å²) in [5, 5.41) is 2.85. The highest BCUT2D eigenvalue weighted by Crippen LogP contribution is 2.01. The number of rotatable bonds is 5. The Kier molecular flexibility index (Phi) is 5.72. The zero-order valence-corrected chi connectivity index (χ0v) is 9.59. The second kappa shape index (κ2) is 5.98. The predicted octanol–water partition coefficient (Wildman–Crippen LogP) is 0.655. The smallest absolute Gasteiger partial charge is 0.249 e.